The van der Waals surface area contributed by atoms with Gasteiger partial charge in [0, 0.05) is 25.0 Å². The molecule has 0 bridgehead atoms. The monoisotopic (exact) mass is 377 g/mol. The number of likely N-dealkylation sites (N-methyl/N-ethyl adjacent to an activating group) is 1. The topological polar surface area (TPSA) is 61.9 Å². The van der Waals surface area contributed by atoms with Crippen LogP contribution in [-0.2, 0) is 9.53 Å². The minimum Gasteiger partial charge on any atom is -0.368 e. The summed E-state index contributed by atoms with van der Waals surface area (Å²) in [5, 5.41) is 2.75. The Labute approximate surface area is 158 Å². The maximum absolute atomic E-state index is 12.7. The lowest BCUT2D eigenvalue weighted by molar-refractivity contribution is -0.191. The van der Waals surface area contributed by atoms with Crippen LogP contribution in [0.3, 0.4) is 0 Å². The molecule has 7 heteroatoms. The Hall–Kier alpha value is -1.44. The number of rotatable bonds is 4. The molecular formula is C19H27N3O3S. The Balaban J connectivity index is 1.41. The highest BCUT2D eigenvalue weighted by Crippen LogP contribution is 2.36. The number of likely N-dealkylation sites (tertiary alicyclic amines) is 1. The summed E-state index contributed by atoms with van der Waals surface area (Å²) in [4.78, 5) is 31.1. The summed E-state index contributed by atoms with van der Waals surface area (Å²) >= 11 is 1.56. The van der Waals surface area contributed by atoms with Crippen LogP contribution in [0.5, 0.6) is 0 Å². The fourth-order valence-electron chi connectivity index (χ4n) is 3.94. The average molecular weight is 378 g/mol. The van der Waals surface area contributed by atoms with Crippen molar-refractivity contribution in [2.24, 2.45) is 5.92 Å². The van der Waals surface area contributed by atoms with Crippen LogP contribution in [0.2, 0.25) is 0 Å². The number of amides is 2. The van der Waals surface area contributed by atoms with Crippen LogP contribution in [0.15, 0.2) is 6.07 Å². The Morgan fingerprint density at radius 2 is 2.04 bits per heavy atom. The molecule has 1 saturated carbocycles. The van der Waals surface area contributed by atoms with Gasteiger partial charge in [-0.3, -0.25) is 14.5 Å². The third-order valence-corrected chi connectivity index (χ3v) is 6.98. The first-order valence-electron chi connectivity index (χ1n) is 9.37. The summed E-state index contributed by atoms with van der Waals surface area (Å²) in [6.45, 7) is 7.42. The SMILES string of the molecule is CNC(=O)[C@H]1COC2(CN(C(=O)c3cc(C)c(C)s3)C2)CN1CC1CC1. The number of carbonyl (C=O) groups is 2. The molecule has 3 heterocycles. The van der Waals surface area contributed by atoms with Crippen LogP contribution in [0.25, 0.3) is 0 Å². The second kappa shape index (κ2) is 6.62. The number of ether oxygens (including phenoxy) is 1. The number of nitrogens with zero attached hydrogens (tertiary/aromatic N) is 2. The van der Waals surface area contributed by atoms with Gasteiger partial charge in [-0.2, -0.15) is 0 Å². The van der Waals surface area contributed by atoms with E-state index in [2.05, 4.69) is 10.2 Å². The van der Waals surface area contributed by atoms with Crippen LogP contribution in [-0.4, -0.2) is 73.1 Å². The summed E-state index contributed by atoms with van der Waals surface area (Å²) in [6.07, 6.45) is 2.51. The third-order valence-electron chi connectivity index (χ3n) is 5.84. The number of aryl methyl sites for hydroxylation is 2. The van der Waals surface area contributed by atoms with Crippen molar-refractivity contribution in [3.8, 4) is 0 Å². The van der Waals surface area contributed by atoms with Gasteiger partial charge in [-0.05, 0) is 44.2 Å². The number of nitrogens with one attached hydrogen (secondary N) is 1. The van der Waals surface area contributed by atoms with E-state index >= 15 is 0 Å². The molecule has 26 heavy (non-hydrogen) atoms. The van der Waals surface area contributed by atoms with Crippen molar-refractivity contribution in [1.82, 2.24) is 15.1 Å². The van der Waals surface area contributed by atoms with Crippen LogP contribution in [0.4, 0.5) is 0 Å². The second-order valence-electron chi connectivity index (χ2n) is 8.01. The molecule has 2 aliphatic heterocycles. The zero-order valence-electron chi connectivity index (χ0n) is 15.7. The highest BCUT2D eigenvalue weighted by Gasteiger charge is 2.52. The van der Waals surface area contributed by atoms with Gasteiger partial charge in [0.05, 0.1) is 24.6 Å². The molecule has 2 amide bonds. The van der Waals surface area contributed by atoms with Gasteiger partial charge in [-0.25, -0.2) is 0 Å². The summed E-state index contributed by atoms with van der Waals surface area (Å²) in [6, 6.07) is 1.77. The normalized spacial score (nSPS) is 25.2. The minimum atomic E-state index is -0.309. The number of carbonyl (C=O) groups excluding carboxylic acids is 2. The largest absolute Gasteiger partial charge is 0.368 e. The molecule has 6 nitrogen and oxygen atoms in total. The predicted molar refractivity (Wildman–Crippen MR) is 101 cm³/mol. The first-order chi connectivity index (χ1) is 12.4. The summed E-state index contributed by atoms with van der Waals surface area (Å²) < 4.78 is 6.12. The fraction of sp³-hybridized carbons (Fsp3) is 0.684. The lowest BCUT2D eigenvalue weighted by atomic mass is 9.90. The number of hydrogen-bond donors (Lipinski definition) is 1. The zero-order chi connectivity index (χ0) is 18.5. The molecule has 1 aliphatic carbocycles. The van der Waals surface area contributed by atoms with E-state index in [0.717, 1.165) is 18.0 Å². The molecule has 4 rings (SSSR count). The van der Waals surface area contributed by atoms with Gasteiger partial charge in [-0.1, -0.05) is 0 Å². The van der Waals surface area contributed by atoms with Crippen LogP contribution in [0, 0.1) is 19.8 Å². The van der Waals surface area contributed by atoms with Crippen molar-refractivity contribution in [3.05, 3.63) is 21.4 Å². The van der Waals surface area contributed by atoms with Gasteiger partial charge in [0.25, 0.3) is 5.91 Å². The van der Waals surface area contributed by atoms with Crippen LogP contribution in [0.1, 0.15) is 33.0 Å². The molecular weight excluding hydrogens is 350 g/mol. The molecule has 1 aromatic heterocycles. The Bertz CT molecular complexity index is 702. The van der Waals surface area contributed by atoms with E-state index in [1.807, 2.05) is 24.8 Å². The number of hydrogen-bond acceptors (Lipinski definition) is 5. The molecule has 1 aromatic rings. The zero-order valence-corrected chi connectivity index (χ0v) is 16.5. The first-order valence-corrected chi connectivity index (χ1v) is 10.2. The summed E-state index contributed by atoms with van der Waals surface area (Å²) in [5.41, 5.74) is 0.864. The van der Waals surface area contributed by atoms with Crippen molar-refractivity contribution in [2.45, 2.75) is 38.3 Å². The Morgan fingerprint density at radius 3 is 2.62 bits per heavy atom. The molecule has 2 saturated heterocycles. The van der Waals surface area contributed by atoms with Gasteiger partial charge in [-0.15, -0.1) is 11.3 Å². The predicted octanol–water partition coefficient (Wildman–Crippen LogP) is 1.42. The highest BCUT2D eigenvalue weighted by molar-refractivity contribution is 7.14. The van der Waals surface area contributed by atoms with E-state index < -0.39 is 0 Å². The van der Waals surface area contributed by atoms with E-state index in [4.69, 9.17) is 4.74 Å². The summed E-state index contributed by atoms with van der Waals surface area (Å²) in [5.74, 6) is 0.840. The van der Waals surface area contributed by atoms with Crippen molar-refractivity contribution in [1.29, 1.82) is 0 Å². The molecule has 3 fully saturated rings. The van der Waals surface area contributed by atoms with E-state index in [1.165, 1.54) is 23.3 Å². The Kier molecular flexibility index (Phi) is 4.57. The van der Waals surface area contributed by atoms with Gasteiger partial charge >= 0.3 is 0 Å². The molecule has 3 aliphatic rings. The van der Waals surface area contributed by atoms with Crippen molar-refractivity contribution >= 4 is 23.2 Å². The van der Waals surface area contributed by atoms with E-state index in [1.54, 1.807) is 18.4 Å². The molecule has 0 radical (unpaired) electrons. The molecule has 1 atom stereocenters. The smallest absolute Gasteiger partial charge is 0.264 e. The lowest BCUT2D eigenvalue weighted by Gasteiger charge is -2.55. The third kappa shape index (κ3) is 3.28. The molecule has 1 spiro atoms. The molecule has 1 N–H and O–H groups in total. The van der Waals surface area contributed by atoms with Gasteiger partial charge in [0.15, 0.2) is 0 Å². The maximum Gasteiger partial charge on any atom is 0.264 e. The van der Waals surface area contributed by atoms with Crippen molar-refractivity contribution in [3.63, 3.8) is 0 Å². The quantitative estimate of drug-likeness (QED) is 0.862. The molecule has 142 valence electrons. The van der Waals surface area contributed by atoms with Crippen molar-refractivity contribution in [2.75, 3.05) is 39.8 Å². The van der Waals surface area contributed by atoms with E-state index in [9.17, 15) is 9.59 Å². The van der Waals surface area contributed by atoms with Gasteiger partial charge < -0.3 is 15.0 Å². The van der Waals surface area contributed by atoms with Crippen LogP contribution >= 0.6 is 11.3 Å². The van der Waals surface area contributed by atoms with Gasteiger partial charge in [0.1, 0.15) is 11.6 Å². The van der Waals surface area contributed by atoms with E-state index in [-0.39, 0.29) is 23.5 Å². The molecule has 0 aromatic carbocycles. The summed E-state index contributed by atoms with van der Waals surface area (Å²) in [7, 11) is 1.68. The van der Waals surface area contributed by atoms with E-state index in [0.29, 0.717) is 25.6 Å². The number of thiophene rings is 1. The van der Waals surface area contributed by atoms with Crippen LogP contribution < -0.4 is 5.32 Å². The second-order valence-corrected chi connectivity index (χ2v) is 9.26. The lowest BCUT2D eigenvalue weighted by Crippen LogP contribution is -2.73. The first kappa shape index (κ1) is 17.9. The standard InChI is InChI=1S/C19H27N3O3S/c1-12-6-16(26-13(12)2)18(24)22-10-19(11-22)9-21(7-14-4-5-14)15(8-25-19)17(23)20-3/h6,14-15H,4-5,7-11H2,1-3H3,(H,20,23)/t15-/m1/s1. The van der Waals surface area contributed by atoms with Crippen molar-refractivity contribution < 1.29 is 14.3 Å². The highest BCUT2D eigenvalue weighted by atomic mass is 32.1. The maximum atomic E-state index is 12.7. The fourth-order valence-corrected chi connectivity index (χ4v) is 4.94. The number of morpholine rings is 1. The average Bonchev–Trinajstić information content (AvgIpc) is 3.35. The minimum absolute atomic E-state index is 0.0253. The molecule has 0 unspecified atom stereocenters. The van der Waals surface area contributed by atoms with Gasteiger partial charge in [0.2, 0.25) is 5.91 Å². The Morgan fingerprint density at radius 1 is 1.31 bits per heavy atom.